The topological polar surface area (TPSA) is 64.7 Å². The molecule has 4 heteroatoms. The average Bonchev–Trinajstić information content (AvgIpc) is 2.31. The van der Waals surface area contributed by atoms with E-state index in [1.165, 1.54) is 0 Å². The molecule has 0 saturated carbocycles. The van der Waals surface area contributed by atoms with Gasteiger partial charge in [0.15, 0.2) is 0 Å². The minimum absolute atomic E-state index is 0.0125. The number of ether oxygens (including phenoxy) is 2. The van der Waals surface area contributed by atoms with Crippen molar-refractivity contribution >= 4 is 0 Å². The minimum atomic E-state index is -0.0976. The van der Waals surface area contributed by atoms with Crippen LogP contribution in [-0.2, 0) is 0 Å². The fourth-order valence-corrected chi connectivity index (χ4v) is 1.81. The summed E-state index contributed by atoms with van der Waals surface area (Å²) >= 11 is 0. The number of aliphatic hydroxyl groups excluding tert-OH is 1. The van der Waals surface area contributed by atoms with E-state index in [1.807, 2.05) is 19.1 Å². The zero-order valence-electron chi connectivity index (χ0n) is 9.99. The Hall–Kier alpha value is -1.26. The van der Waals surface area contributed by atoms with Crippen LogP contribution in [0.3, 0.4) is 0 Å². The maximum Gasteiger partial charge on any atom is 0.129 e. The lowest BCUT2D eigenvalue weighted by molar-refractivity contribution is 0.264. The minimum Gasteiger partial charge on any atom is -0.496 e. The highest BCUT2D eigenvalue weighted by Crippen LogP contribution is 2.35. The third-order valence-corrected chi connectivity index (χ3v) is 2.76. The molecular formula is C12H19NO3. The summed E-state index contributed by atoms with van der Waals surface area (Å²) in [6.45, 7) is 2.32. The number of hydrogen-bond acceptors (Lipinski definition) is 4. The van der Waals surface area contributed by atoms with Crippen molar-refractivity contribution in [1.29, 1.82) is 0 Å². The highest BCUT2D eigenvalue weighted by Gasteiger charge is 2.17. The number of nitrogens with two attached hydrogens (primary N) is 1. The number of rotatable bonds is 5. The molecule has 0 saturated heterocycles. The second-order valence-corrected chi connectivity index (χ2v) is 3.63. The third kappa shape index (κ3) is 2.28. The quantitative estimate of drug-likeness (QED) is 0.786. The van der Waals surface area contributed by atoms with Gasteiger partial charge in [0.25, 0.3) is 0 Å². The van der Waals surface area contributed by atoms with Crippen LogP contribution in [0.1, 0.15) is 17.0 Å². The van der Waals surface area contributed by atoms with Crippen molar-refractivity contribution in [3.8, 4) is 11.5 Å². The lowest BCUT2D eigenvalue weighted by Gasteiger charge is -2.19. The number of aliphatic hydroxyl groups is 1. The first-order valence-electron chi connectivity index (χ1n) is 5.22. The zero-order chi connectivity index (χ0) is 12.1. The van der Waals surface area contributed by atoms with Crippen LogP contribution in [0, 0.1) is 6.92 Å². The van der Waals surface area contributed by atoms with Gasteiger partial charge in [-0.3, -0.25) is 0 Å². The van der Waals surface area contributed by atoms with Crippen molar-refractivity contribution in [3.05, 3.63) is 23.3 Å². The zero-order valence-corrected chi connectivity index (χ0v) is 9.99. The van der Waals surface area contributed by atoms with Gasteiger partial charge in [-0.15, -0.1) is 0 Å². The molecule has 1 unspecified atom stereocenters. The number of hydrogen-bond donors (Lipinski definition) is 2. The van der Waals surface area contributed by atoms with E-state index in [1.54, 1.807) is 14.2 Å². The largest absolute Gasteiger partial charge is 0.496 e. The van der Waals surface area contributed by atoms with E-state index in [2.05, 4.69) is 0 Å². The molecule has 0 amide bonds. The standard InChI is InChI=1S/C12H19NO3/c1-8-11(15-2)5-4-10(12(8)16-3)9(6-13)7-14/h4-5,9,14H,6-7,13H2,1-3H3. The normalized spacial score (nSPS) is 12.3. The van der Waals surface area contributed by atoms with E-state index in [4.69, 9.17) is 15.2 Å². The van der Waals surface area contributed by atoms with Crippen LogP contribution in [0.5, 0.6) is 11.5 Å². The van der Waals surface area contributed by atoms with Crippen LogP contribution in [0.4, 0.5) is 0 Å². The first kappa shape index (κ1) is 12.8. The first-order valence-corrected chi connectivity index (χ1v) is 5.22. The molecule has 0 heterocycles. The summed E-state index contributed by atoms with van der Waals surface area (Å²) in [7, 11) is 3.23. The molecule has 1 aromatic rings. The summed E-state index contributed by atoms with van der Waals surface area (Å²) < 4.78 is 10.6. The second kappa shape index (κ2) is 5.72. The van der Waals surface area contributed by atoms with Crippen LogP contribution in [0.2, 0.25) is 0 Å². The fraction of sp³-hybridized carbons (Fsp3) is 0.500. The molecule has 0 aliphatic carbocycles. The van der Waals surface area contributed by atoms with Gasteiger partial charge >= 0.3 is 0 Å². The molecular weight excluding hydrogens is 206 g/mol. The smallest absolute Gasteiger partial charge is 0.129 e. The summed E-state index contributed by atoms with van der Waals surface area (Å²) in [6, 6.07) is 3.75. The molecule has 16 heavy (non-hydrogen) atoms. The SMILES string of the molecule is COc1ccc(C(CN)CO)c(OC)c1C. The fourth-order valence-electron chi connectivity index (χ4n) is 1.81. The molecule has 0 radical (unpaired) electrons. The Morgan fingerprint density at radius 2 is 2.00 bits per heavy atom. The Labute approximate surface area is 96.0 Å². The maximum absolute atomic E-state index is 9.25. The van der Waals surface area contributed by atoms with E-state index in [0.717, 1.165) is 22.6 Å². The van der Waals surface area contributed by atoms with Gasteiger partial charge in [0.1, 0.15) is 11.5 Å². The summed E-state index contributed by atoms with van der Waals surface area (Å²) in [5.41, 5.74) is 7.46. The lowest BCUT2D eigenvalue weighted by atomic mass is 9.96. The molecule has 0 bridgehead atoms. The monoisotopic (exact) mass is 225 g/mol. The Bertz CT molecular complexity index is 348. The van der Waals surface area contributed by atoms with Crippen LogP contribution >= 0.6 is 0 Å². The van der Waals surface area contributed by atoms with E-state index in [-0.39, 0.29) is 12.5 Å². The van der Waals surface area contributed by atoms with Crippen LogP contribution in [-0.4, -0.2) is 32.5 Å². The summed E-state index contributed by atoms with van der Waals surface area (Å²) in [4.78, 5) is 0. The molecule has 1 rings (SSSR count). The van der Waals surface area contributed by atoms with Crippen molar-refractivity contribution in [2.24, 2.45) is 5.73 Å². The van der Waals surface area contributed by atoms with Gasteiger partial charge in [-0.2, -0.15) is 0 Å². The lowest BCUT2D eigenvalue weighted by Crippen LogP contribution is -2.17. The van der Waals surface area contributed by atoms with Gasteiger partial charge in [0.2, 0.25) is 0 Å². The highest BCUT2D eigenvalue weighted by atomic mass is 16.5. The summed E-state index contributed by atoms with van der Waals surface area (Å²) in [5, 5.41) is 9.25. The average molecular weight is 225 g/mol. The Morgan fingerprint density at radius 3 is 2.44 bits per heavy atom. The van der Waals surface area contributed by atoms with Crippen molar-refractivity contribution in [2.75, 3.05) is 27.4 Å². The van der Waals surface area contributed by atoms with Crippen LogP contribution in [0.15, 0.2) is 12.1 Å². The van der Waals surface area contributed by atoms with E-state index in [0.29, 0.717) is 6.54 Å². The van der Waals surface area contributed by atoms with Crippen molar-refractivity contribution in [1.82, 2.24) is 0 Å². The van der Waals surface area contributed by atoms with Gasteiger partial charge in [-0.1, -0.05) is 6.07 Å². The van der Waals surface area contributed by atoms with E-state index in [9.17, 15) is 5.11 Å². The Kier molecular flexibility index (Phi) is 4.58. The molecule has 3 N–H and O–H groups in total. The predicted octanol–water partition coefficient (Wildman–Crippen LogP) is 1.05. The highest BCUT2D eigenvalue weighted by molar-refractivity contribution is 5.50. The van der Waals surface area contributed by atoms with Gasteiger partial charge in [0, 0.05) is 23.6 Å². The van der Waals surface area contributed by atoms with Gasteiger partial charge in [-0.25, -0.2) is 0 Å². The molecule has 90 valence electrons. The molecule has 1 aromatic carbocycles. The Morgan fingerprint density at radius 1 is 1.31 bits per heavy atom. The second-order valence-electron chi connectivity index (χ2n) is 3.63. The predicted molar refractivity (Wildman–Crippen MR) is 63.2 cm³/mol. The van der Waals surface area contributed by atoms with Gasteiger partial charge < -0.3 is 20.3 Å². The molecule has 0 aromatic heterocycles. The van der Waals surface area contributed by atoms with Gasteiger partial charge in [-0.05, 0) is 13.0 Å². The van der Waals surface area contributed by atoms with Crippen LogP contribution < -0.4 is 15.2 Å². The maximum atomic E-state index is 9.25. The first-order chi connectivity index (χ1) is 7.69. The Balaban J connectivity index is 3.24. The molecule has 0 aliphatic heterocycles. The van der Waals surface area contributed by atoms with Gasteiger partial charge in [0.05, 0.1) is 20.8 Å². The van der Waals surface area contributed by atoms with Crippen molar-refractivity contribution in [2.45, 2.75) is 12.8 Å². The summed E-state index contributed by atoms with van der Waals surface area (Å²) in [5.74, 6) is 1.41. The summed E-state index contributed by atoms with van der Waals surface area (Å²) in [6.07, 6.45) is 0. The number of methoxy groups -OCH3 is 2. The molecule has 1 atom stereocenters. The molecule has 0 fully saturated rings. The molecule has 4 nitrogen and oxygen atoms in total. The van der Waals surface area contributed by atoms with Crippen molar-refractivity contribution in [3.63, 3.8) is 0 Å². The third-order valence-electron chi connectivity index (χ3n) is 2.76. The molecule has 0 spiro atoms. The van der Waals surface area contributed by atoms with E-state index < -0.39 is 0 Å². The molecule has 0 aliphatic rings. The number of benzene rings is 1. The van der Waals surface area contributed by atoms with E-state index >= 15 is 0 Å². The van der Waals surface area contributed by atoms with Crippen LogP contribution in [0.25, 0.3) is 0 Å². The van der Waals surface area contributed by atoms with Crippen molar-refractivity contribution < 1.29 is 14.6 Å².